The van der Waals surface area contributed by atoms with E-state index >= 15 is 0 Å². The second kappa shape index (κ2) is 4.66. The Morgan fingerprint density at radius 1 is 1.47 bits per heavy atom. The molecule has 0 N–H and O–H groups in total. The van der Waals surface area contributed by atoms with Gasteiger partial charge in [-0.3, -0.25) is 4.79 Å². The maximum absolute atomic E-state index is 11.8. The van der Waals surface area contributed by atoms with E-state index in [9.17, 15) is 4.79 Å². The van der Waals surface area contributed by atoms with Gasteiger partial charge in [0.25, 0.3) is 0 Å². The van der Waals surface area contributed by atoms with Gasteiger partial charge in [-0.1, -0.05) is 0 Å². The lowest BCUT2D eigenvalue weighted by Gasteiger charge is -2.22. The van der Waals surface area contributed by atoms with Gasteiger partial charge in [-0.05, 0) is 54.6 Å². The molecule has 0 fully saturated rings. The van der Waals surface area contributed by atoms with Gasteiger partial charge in [0.15, 0.2) is 0 Å². The first kappa shape index (κ1) is 12.7. The Labute approximate surface area is 103 Å². The summed E-state index contributed by atoms with van der Waals surface area (Å²) in [7, 11) is 0. The zero-order valence-electron chi connectivity index (χ0n) is 9.33. The van der Waals surface area contributed by atoms with Gasteiger partial charge in [-0.15, -0.1) is 0 Å². The van der Waals surface area contributed by atoms with Crippen molar-refractivity contribution in [1.82, 2.24) is 0 Å². The Balaban J connectivity index is 2.74. The monoisotopic (exact) mass is 290 g/mol. The van der Waals surface area contributed by atoms with Crippen molar-refractivity contribution < 1.29 is 9.53 Å². The first-order valence-corrected chi connectivity index (χ1v) is 6.49. The number of ether oxygens (including phenoxy) is 1. The molecule has 2 nitrogen and oxygen atoms in total. The van der Waals surface area contributed by atoms with Gasteiger partial charge in [0.1, 0.15) is 5.60 Å². The molecule has 0 saturated carbocycles. The summed E-state index contributed by atoms with van der Waals surface area (Å²) in [6.07, 6.45) is 0. The minimum Gasteiger partial charge on any atom is -0.460 e. The number of rotatable bonds is 2. The van der Waals surface area contributed by atoms with Crippen LogP contribution < -0.4 is 0 Å². The summed E-state index contributed by atoms with van der Waals surface area (Å²) >= 11 is 4.99. The topological polar surface area (TPSA) is 26.3 Å². The normalized spacial score (nSPS) is 13.7. The van der Waals surface area contributed by atoms with E-state index in [2.05, 4.69) is 15.9 Å². The molecule has 0 aromatic carbocycles. The van der Waals surface area contributed by atoms with Crippen LogP contribution in [-0.4, -0.2) is 11.6 Å². The SMILES string of the molecule is CC(C(=O)OC(C)(C)C)c1cscc1Br. The molecular weight excluding hydrogens is 276 g/mol. The number of hydrogen-bond donors (Lipinski definition) is 0. The van der Waals surface area contributed by atoms with Crippen molar-refractivity contribution in [2.45, 2.75) is 39.2 Å². The summed E-state index contributed by atoms with van der Waals surface area (Å²) in [5, 5.41) is 3.94. The average Bonchev–Trinajstić information content (AvgIpc) is 2.47. The molecule has 1 aromatic rings. The molecular formula is C11H15BrO2S. The van der Waals surface area contributed by atoms with E-state index in [1.54, 1.807) is 11.3 Å². The van der Waals surface area contributed by atoms with Gasteiger partial charge in [0.05, 0.1) is 5.92 Å². The Morgan fingerprint density at radius 3 is 2.47 bits per heavy atom. The lowest BCUT2D eigenvalue weighted by atomic mass is 10.0. The van der Waals surface area contributed by atoms with Crippen LogP contribution in [0.3, 0.4) is 0 Å². The van der Waals surface area contributed by atoms with Gasteiger partial charge in [0.2, 0.25) is 0 Å². The molecule has 4 heteroatoms. The standard InChI is InChI=1S/C11H15BrO2S/c1-7(8-5-15-6-9(8)12)10(13)14-11(2,3)4/h5-7H,1-4H3. The van der Waals surface area contributed by atoms with E-state index in [0.29, 0.717) is 0 Å². The molecule has 15 heavy (non-hydrogen) atoms. The fraction of sp³-hybridized carbons (Fsp3) is 0.545. The molecule has 0 radical (unpaired) electrons. The van der Waals surface area contributed by atoms with Gasteiger partial charge in [-0.2, -0.15) is 11.3 Å². The lowest BCUT2D eigenvalue weighted by molar-refractivity contribution is -0.156. The van der Waals surface area contributed by atoms with E-state index < -0.39 is 5.60 Å². The summed E-state index contributed by atoms with van der Waals surface area (Å²) in [5.74, 6) is -0.397. The van der Waals surface area contributed by atoms with Gasteiger partial charge < -0.3 is 4.74 Å². The zero-order valence-corrected chi connectivity index (χ0v) is 11.7. The fourth-order valence-electron chi connectivity index (χ4n) is 1.12. The van der Waals surface area contributed by atoms with Crippen LogP contribution in [0.5, 0.6) is 0 Å². The highest BCUT2D eigenvalue weighted by Gasteiger charge is 2.24. The Morgan fingerprint density at radius 2 is 2.07 bits per heavy atom. The van der Waals surface area contributed by atoms with Gasteiger partial charge in [0, 0.05) is 9.85 Å². The minimum atomic E-state index is -0.423. The number of hydrogen-bond acceptors (Lipinski definition) is 3. The van der Waals surface area contributed by atoms with E-state index in [1.807, 2.05) is 38.5 Å². The molecule has 0 saturated heterocycles. The molecule has 1 heterocycles. The molecule has 0 aliphatic carbocycles. The lowest BCUT2D eigenvalue weighted by Crippen LogP contribution is -2.26. The number of halogens is 1. The first-order valence-electron chi connectivity index (χ1n) is 4.75. The van der Waals surface area contributed by atoms with Crippen molar-refractivity contribution in [2.24, 2.45) is 0 Å². The molecule has 0 aliphatic heterocycles. The molecule has 0 aliphatic rings. The smallest absolute Gasteiger partial charge is 0.313 e. The molecule has 0 bridgehead atoms. The van der Waals surface area contributed by atoms with Crippen LogP contribution >= 0.6 is 27.3 Å². The van der Waals surface area contributed by atoms with E-state index in [0.717, 1.165) is 10.0 Å². The Kier molecular flexibility index (Phi) is 3.95. The summed E-state index contributed by atoms with van der Waals surface area (Å²) in [4.78, 5) is 11.8. The third kappa shape index (κ3) is 3.61. The van der Waals surface area contributed by atoms with Crippen LogP contribution in [0, 0.1) is 0 Å². The zero-order chi connectivity index (χ0) is 11.6. The van der Waals surface area contributed by atoms with Crippen molar-refractivity contribution in [3.63, 3.8) is 0 Å². The molecule has 1 unspecified atom stereocenters. The van der Waals surface area contributed by atoms with Crippen LogP contribution in [0.15, 0.2) is 15.2 Å². The third-order valence-electron chi connectivity index (χ3n) is 1.87. The number of esters is 1. The Bertz CT molecular complexity index is 352. The van der Waals surface area contributed by atoms with Crippen molar-refractivity contribution in [3.8, 4) is 0 Å². The molecule has 84 valence electrons. The first-order chi connectivity index (χ1) is 6.81. The van der Waals surface area contributed by atoms with Crippen LogP contribution in [0.25, 0.3) is 0 Å². The van der Waals surface area contributed by atoms with E-state index in [4.69, 9.17) is 4.74 Å². The third-order valence-corrected chi connectivity index (χ3v) is 3.62. The van der Waals surface area contributed by atoms with Crippen molar-refractivity contribution >= 4 is 33.2 Å². The average molecular weight is 291 g/mol. The second-order valence-electron chi connectivity index (χ2n) is 4.43. The fourth-order valence-corrected chi connectivity index (χ4v) is 2.85. The van der Waals surface area contributed by atoms with Crippen LogP contribution in [0.1, 0.15) is 39.2 Å². The van der Waals surface area contributed by atoms with E-state index in [1.165, 1.54) is 0 Å². The maximum atomic E-state index is 11.8. The molecule has 0 spiro atoms. The van der Waals surface area contributed by atoms with Crippen molar-refractivity contribution in [1.29, 1.82) is 0 Å². The predicted octanol–water partition coefficient (Wildman–Crippen LogP) is 3.96. The predicted molar refractivity (Wildman–Crippen MR) is 66.3 cm³/mol. The summed E-state index contributed by atoms with van der Waals surface area (Å²) in [5.41, 5.74) is 0.572. The largest absolute Gasteiger partial charge is 0.460 e. The quantitative estimate of drug-likeness (QED) is 0.771. The number of thiophene rings is 1. The van der Waals surface area contributed by atoms with Crippen LogP contribution in [0.2, 0.25) is 0 Å². The highest BCUT2D eigenvalue weighted by Crippen LogP contribution is 2.30. The summed E-state index contributed by atoms with van der Waals surface area (Å²) in [6.45, 7) is 7.49. The second-order valence-corrected chi connectivity index (χ2v) is 6.03. The number of carbonyl (C=O) groups is 1. The molecule has 1 aromatic heterocycles. The Hall–Kier alpha value is -0.350. The highest BCUT2D eigenvalue weighted by molar-refractivity contribution is 9.10. The van der Waals surface area contributed by atoms with Gasteiger partial charge in [-0.25, -0.2) is 0 Å². The van der Waals surface area contributed by atoms with Crippen LogP contribution in [0.4, 0.5) is 0 Å². The van der Waals surface area contributed by atoms with Crippen molar-refractivity contribution in [2.75, 3.05) is 0 Å². The highest BCUT2D eigenvalue weighted by atomic mass is 79.9. The molecule has 1 rings (SSSR count). The van der Waals surface area contributed by atoms with Crippen molar-refractivity contribution in [3.05, 3.63) is 20.8 Å². The minimum absolute atomic E-state index is 0.179. The molecule has 0 amide bonds. The van der Waals surface area contributed by atoms with E-state index in [-0.39, 0.29) is 11.9 Å². The van der Waals surface area contributed by atoms with Gasteiger partial charge >= 0.3 is 5.97 Å². The summed E-state index contributed by atoms with van der Waals surface area (Å²) in [6, 6.07) is 0. The van der Waals surface area contributed by atoms with Crippen LogP contribution in [-0.2, 0) is 9.53 Å². The number of carbonyl (C=O) groups excluding carboxylic acids is 1. The summed E-state index contributed by atoms with van der Waals surface area (Å²) < 4.78 is 6.30. The molecule has 1 atom stereocenters. The maximum Gasteiger partial charge on any atom is 0.313 e.